The van der Waals surface area contributed by atoms with E-state index < -0.39 is 9.31 Å². The van der Waals surface area contributed by atoms with Crippen LogP contribution < -0.4 is 0 Å². The van der Waals surface area contributed by atoms with Gasteiger partial charge in [0.25, 0.3) is 0 Å². The molecule has 2 unspecified atom stereocenters. The molecule has 0 aromatic heterocycles. The van der Waals surface area contributed by atoms with Gasteiger partial charge in [-0.1, -0.05) is 41.9 Å². The summed E-state index contributed by atoms with van der Waals surface area (Å²) in [5, 5.41) is -2.41. The van der Waals surface area contributed by atoms with Crippen molar-refractivity contribution in [3.8, 4) is 0 Å². The Morgan fingerprint density at radius 3 is 2.25 bits per heavy atom. The monoisotopic (exact) mass is 302 g/mol. The van der Waals surface area contributed by atoms with Gasteiger partial charge in [-0.3, -0.25) is 0 Å². The highest BCUT2D eigenvalue weighted by Gasteiger charge is 2.37. The molecule has 1 rings (SSSR count). The molecule has 0 fully saturated rings. The minimum atomic E-state index is -2.41. The molecule has 0 radical (unpaired) electrons. The van der Waals surface area contributed by atoms with Crippen LogP contribution in [0.25, 0.3) is 0 Å². The zero-order chi connectivity index (χ0) is 9.19. The predicted octanol–water partition coefficient (Wildman–Crippen LogP) is 3.78. The Kier molecular flexibility index (Phi) is 3.29. The summed E-state index contributed by atoms with van der Waals surface area (Å²) < 4.78 is 24.2. The van der Waals surface area contributed by atoms with Crippen molar-refractivity contribution >= 4 is 34.2 Å². The van der Waals surface area contributed by atoms with Gasteiger partial charge in [0.15, 0.2) is 0 Å². The van der Waals surface area contributed by atoms with Gasteiger partial charge in [0.2, 0.25) is 9.31 Å². The molecular weight excluding hydrogens is 296 g/mol. The average molecular weight is 302 g/mol. The van der Waals surface area contributed by atoms with Crippen molar-refractivity contribution in [3.05, 3.63) is 35.9 Å². The van der Waals surface area contributed by atoms with E-state index in [1.165, 1.54) is 34.7 Å². The number of alkyl halides is 4. The Labute approximate surface area is 88.1 Å². The van der Waals surface area contributed by atoms with E-state index in [9.17, 15) is 8.78 Å². The van der Waals surface area contributed by atoms with E-state index in [1.807, 2.05) is 0 Å². The summed E-state index contributed by atoms with van der Waals surface area (Å²) in [6.45, 7) is 0. The summed E-state index contributed by atoms with van der Waals surface area (Å²) in [4.78, 5) is 0. The molecule has 0 saturated heterocycles. The SMILES string of the molecule is FC(I)C(F)(Cl)c1ccccc1. The summed E-state index contributed by atoms with van der Waals surface area (Å²) in [7, 11) is 0. The lowest BCUT2D eigenvalue weighted by Crippen LogP contribution is -2.20. The van der Waals surface area contributed by atoms with Crippen molar-refractivity contribution in [1.29, 1.82) is 0 Å². The van der Waals surface area contributed by atoms with Gasteiger partial charge in [0.05, 0.1) is 0 Å². The van der Waals surface area contributed by atoms with Crippen LogP contribution in [0.15, 0.2) is 30.3 Å². The largest absolute Gasteiger partial charge is 0.248 e. The molecule has 0 heterocycles. The highest BCUT2D eigenvalue weighted by molar-refractivity contribution is 14.1. The molecule has 0 N–H and O–H groups in total. The number of hydrogen-bond acceptors (Lipinski definition) is 0. The van der Waals surface area contributed by atoms with Gasteiger partial charge in [-0.05, 0) is 22.6 Å². The standard InChI is InChI=1S/C8H6ClF2I/c9-8(11,7(10)12)6-4-2-1-3-5-6/h1-5,7H. The van der Waals surface area contributed by atoms with Crippen LogP contribution in [-0.4, -0.2) is 4.18 Å². The highest BCUT2D eigenvalue weighted by atomic mass is 127. The van der Waals surface area contributed by atoms with Gasteiger partial charge < -0.3 is 0 Å². The first-order valence-corrected chi connectivity index (χ1v) is 4.89. The number of halogens is 4. The maximum atomic E-state index is 13.3. The fraction of sp³-hybridized carbons (Fsp3) is 0.250. The second kappa shape index (κ2) is 3.87. The van der Waals surface area contributed by atoms with Crippen LogP contribution >= 0.6 is 34.2 Å². The second-order valence-corrected chi connectivity index (χ2v) is 3.93. The maximum Gasteiger partial charge on any atom is 0.248 e. The zero-order valence-electron chi connectivity index (χ0n) is 5.98. The lowest BCUT2D eigenvalue weighted by molar-refractivity contribution is 0.204. The second-order valence-electron chi connectivity index (χ2n) is 2.29. The Bertz CT molecular complexity index is 248. The molecule has 2 atom stereocenters. The molecule has 1 aromatic carbocycles. The van der Waals surface area contributed by atoms with E-state index in [2.05, 4.69) is 0 Å². The maximum absolute atomic E-state index is 13.3. The van der Waals surface area contributed by atoms with E-state index in [1.54, 1.807) is 18.2 Å². The quantitative estimate of drug-likeness (QED) is 0.576. The molecule has 12 heavy (non-hydrogen) atoms. The van der Waals surface area contributed by atoms with Crippen LogP contribution in [0.5, 0.6) is 0 Å². The van der Waals surface area contributed by atoms with Gasteiger partial charge in [-0.25, -0.2) is 8.78 Å². The third kappa shape index (κ3) is 2.07. The van der Waals surface area contributed by atoms with Crippen LogP contribution in [0, 0.1) is 0 Å². The Morgan fingerprint density at radius 1 is 1.33 bits per heavy atom. The molecule has 0 nitrogen and oxygen atoms in total. The lowest BCUT2D eigenvalue weighted by Gasteiger charge is -2.17. The molecule has 1 aromatic rings. The number of rotatable bonds is 2. The number of hydrogen-bond donors (Lipinski definition) is 0. The highest BCUT2D eigenvalue weighted by Crippen LogP contribution is 2.39. The Balaban J connectivity index is 2.98. The van der Waals surface area contributed by atoms with Crippen molar-refractivity contribution in [2.75, 3.05) is 0 Å². The summed E-state index contributed by atoms with van der Waals surface area (Å²) in [5.41, 5.74) is 0.147. The fourth-order valence-electron chi connectivity index (χ4n) is 0.786. The Morgan fingerprint density at radius 2 is 1.83 bits per heavy atom. The van der Waals surface area contributed by atoms with Crippen molar-refractivity contribution in [1.82, 2.24) is 0 Å². The Hall–Kier alpha value is 0.1000. The summed E-state index contributed by atoms with van der Waals surface area (Å²) in [6, 6.07) is 7.86. The van der Waals surface area contributed by atoms with E-state index in [0.717, 1.165) is 0 Å². The molecule has 0 spiro atoms. The van der Waals surface area contributed by atoms with E-state index in [0.29, 0.717) is 0 Å². The normalized spacial score (nSPS) is 18.3. The predicted molar refractivity (Wildman–Crippen MR) is 54.0 cm³/mol. The molecule has 0 aliphatic rings. The van der Waals surface area contributed by atoms with Crippen molar-refractivity contribution < 1.29 is 8.78 Å². The van der Waals surface area contributed by atoms with Crippen LogP contribution in [0.2, 0.25) is 0 Å². The van der Waals surface area contributed by atoms with Gasteiger partial charge in [-0.2, -0.15) is 0 Å². The third-order valence-corrected chi connectivity index (χ3v) is 3.07. The summed E-state index contributed by atoms with van der Waals surface area (Å²) in [6.07, 6.45) is 0. The van der Waals surface area contributed by atoms with Crippen molar-refractivity contribution in [2.45, 2.75) is 9.31 Å². The smallest absolute Gasteiger partial charge is 0.231 e. The van der Waals surface area contributed by atoms with Gasteiger partial charge in [0.1, 0.15) is 0 Å². The van der Waals surface area contributed by atoms with Crippen LogP contribution in [0.4, 0.5) is 8.78 Å². The van der Waals surface area contributed by atoms with Crippen LogP contribution in [0.1, 0.15) is 5.56 Å². The van der Waals surface area contributed by atoms with Gasteiger partial charge >= 0.3 is 0 Å². The molecule has 0 amide bonds. The first-order valence-electron chi connectivity index (χ1n) is 3.26. The van der Waals surface area contributed by atoms with E-state index in [4.69, 9.17) is 11.6 Å². The van der Waals surface area contributed by atoms with Gasteiger partial charge in [-0.15, -0.1) is 0 Å². The first-order chi connectivity index (χ1) is 5.55. The topological polar surface area (TPSA) is 0 Å². The minimum Gasteiger partial charge on any atom is -0.231 e. The molecule has 4 heteroatoms. The van der Waals surface area contributed by atoms with Crippen molar-refractivity contribution in [2.24, 2.45) is 0 Å². The molecular formula is C8H6ClF2I. The van der Waals surface area contributed by atoms with Crippen LogP contribution in [0.3, 0.4) is 0 Å². The van der Waals surface area contributed by atoms with Gasteiger partial charge in [0, 0.05) is 5.56 Å². The third-order valence-electron chi connectivity index (χ3n) is 1.43. The minimum absolute atomic E-state index is 0.147. The molecule has 0 bridgehead atoms. The summed E-state index contributed by atoms with van der Waals surface area (Å²) >= 11 is 6.66. The molecule has 0 aliphatic heterocycles. The number of benzene rings is 1. The average Bonchev–Trinajstić information content (AvgIpc) is 2.06. The first kappa shape index (κ1) is 10.2. The molecule has 0 saturated carbocycles. The fourth-order valence-corrected chi connectivity index (χ4v) is 1.27. The summed E-state index contributed by atoms with van der Waals surface area (Å²) in [5.74, 6) is 0. The van der Waals surface area contributed by atoms with E-state index in [-0.39, 0.29) is 5.56 Å². The molecule has 66 valence electrons. The van der Waals surface area contributed by atoms with Crippen LogP contribution in [-0.2, 0) is 5.13 Å². The van der Waals surface area contributed by atoms with E-state index >= 15 is 0 Å². The molecule has 0 aliphatic carbocycles. The lowest BCUT2D eigenvalue weighted by atomic mass is 10.1. The zero-order valence-corrected chi connectivity index (χ0v) is 8.89. The van der Waals surface area contributed by atoms with Crippen molar-refractivity contribution in [3.63, 3.8) is 0 Å².